The Morgan fingerprint density at radius 2 is 1.93 bits per heavy atom. The lowest BCUT2D eigenvalue weighted by Gasteiger charge is -2.26. The third-order valence-electron chi connectivity index (χ3n) is 3.28. The first-order valence-corrected chi connectivity index (χ1v) is 6.45. The fraction of sp³-hybridized carbons (Fsp3) is 1.00. The molecule has 0 rings (SSSR count). The summed E-state index contributed by atoms with van der Waals surface area (Å²) >= 11 is 0. The molecule has 0 aromatic carbocycles. The Morgan fingerprint density at radius 3 is 2.40 bits per heavy atom. The Hall–Kier alpha value is -0.0800. The average Bonchev–Trinajstić information content (AvgIpc) is 2.22. The SMILES string of the molecule is CCC(C)(CN)CNCCCCC(C)C. The Kier molecular flexibility index (Phi) is 8.07. The minimum Gasteiger partial charge on any atom is -0.330 e. The molecule has 0 amide bonds. The van der Waals surface area contributed by atoms with E-state index in [-0.39, 0.29) is 5.41 Å². The van der Waals surface area contributed by atoms with Gasteiger partial charge in [0.1, 0.15) is 0 Å². The number of unbranched alkanes of at least 4 members (excludes halogenated alkanes) is 1. The highest BCUT2D eigenvalue weighted by Gasteiger charge is 2.18. The molecule has 2 nitrogen and oxygen atoms in total. The summed E-state index contributed by atoms with van der Waals surface area (Å²) in [6.45, 7) is 12.0. The maximum atomic E-state index is 5.76. The van der Waals surface area contributed by atoms with Gasteiger partial charge in [0.05, 0.1) is 0 Å². The molecule has 0 aromatic rings. The smallest absolute Gasteiger partial charge is 0.00171 e. The minimum absolute atomic E-state index is 0.290. The van der Waals surface area contributed by atoms with Crippen LogP contribution in [0.1, 0.15) is 53.4 Å². The molecule has 1 atom stereocenters. The average molecular weight is 214 g/mol. The summed E-state index contributed by atoms with van der Waals surface area (Å²) in [6.07, 6.45) is 5.14. The molecule has 0 bridgehead atoms. The van der Waals surface area contributed by atoms with Crippen molar-refractivity contribution < 1.29 is 0 Å². The van der Waals surface area contributed by atoms with Crippen molar-refractivity contribution in [1.82, 2.24) is 5.32 Å². The van der Waals surface area contributed by atoms with Crippen LogP contribution < -0.4 is 11.1 Å². The van der Waals surface area contributed by atoms with E-state index in [1.54, 1.807) is 0 Å². The molecule has 1 unspecified atom stereocenters. The lowest BCUT2D eigenvalue weighted by atomic mass is 9.88. The van der Waals surface area contributed by atoms with E-state index in [0.29, 0.717) is 0 Å². The molecule has 0 spiro atoms. The van der Waals surface area contributed by atoms with Gasteiger partial charge in [-0.15, -0.1) is 0 Å². The fourth-order valence-electron chi connectivity index (χ4n) is 1.53. The summed E-state index contributed by atoms with van der Waals surface area (Å²) < 4.78 is 0. The van der Waals surface area contributed by atoms with Crippen LogP contribution in [-0.4, -0.2) is 19.6 Å². The second-order valence-electron chi connectivity index (χ2n) is 5.43. The molecule has 92 valence electrons. The predicted octanol–water partition coefficient (Wildman–Crippen LogP) is 2.78. The van der Waals surface area contributed by atoms with Crippen molar-refractivity contribution in [3.05, 3.63) is 0 Å². The molecular weight excluding hydrogens is 184 g/mol. The predicted molar refractivity (Wildman–Crippen MR) is 69.0 cm³/mol. The van der Waals surface area contributed by atoms with Gasteiger partial charge in [-0.05, 0) is 37.3 Å². The van der Waals surface area contributed by atoms with Crippen LogP contribution in [0.15, 0.2) is 0 Å². The normalized spacial score (nSPS) is 15.6. The van der Waals surface area contributed by atoms with Gasteiger partial charge in [-0.1, -0.05) is 40.5 Å². The van der Waals surface area contributed by atoms with Gasteiger partial charge in [0.2, 0.25) is 0 Å². The third-order valence-corrected chi connectivity index (χ3v) is 3.28. The van der Waals surface area contributed by atoms with Crippen LogP contribution in [0.4, 0.5) is 0 Å². The molecule has 0 aliphatic heterocycles. The van der Waals surface area contributed by atoms with Gasteiger partial charge in [0, 0.05) is 6.54 Å². The summed E-state index contributed by atoms with van der Waals surface area (Å²) in [4.78, 5) is 0. The molecule has 2 heteroatoms. The van der Waals surface area contributed by atoms with Gasteiger partial charge in [0.15, 0.2) is 0 Å². The van der Waals surface area contributed by atoms with Crippen molar-refractivity contribution >= 4 is 0 Å². The topological polar surface area (TPSA) is 38.0 Å². The lowest BCUT2D eigenvalue weighted by Crippen LogP contribution is -2.37. The highest BCUT2D eigenvalue weighted by atomic mass is 14.9. The highest BCUT2D eigenvalue weighted by Crippen LogP contribution is 2.17. The largest absolute Gasteiger partial charge is 0.330 e. The molecule has 0 aromatic heterocycles. The van der Waals surface area contributed by atoms with E-state index in [9.17, 15) is 0 Å². The lowest BCUT2D eigenvalue weighted by molar-refractivity contribution is 0.302. The summed E-state index contributed by atoms with van der Waals surface area (Å²) in [5.41, 5.74) is 6.05. The highest BCUT2D eigenvalue weighted by molar-refractivity contribution is 4.75. The van der Waals surface area contributed by atoms with E-state index >= 15 is 0 Å². The monoisotopic (exact) mass is 214 g/mol. The Bertz CT molecular complexity index is 139. The van der Waals surface area contributed by atoms with Gasteiger partial charge in [-0.3, -0.25) is 0 Å². The summed E-state index contributed by atoms with van der Waals surface area (Å²) in [7, 11) is 0. The van der Waals surface area contributed by atoms with E-state index in [1.807, 2.05) is 0 Å². The van der Waals surface area contributed by atoms with E-state index in [1.165, 1.54) is 19.3 Å². The van der Waals surface area contributed by atoms with E-state index in [2.05, 4.69) is 33.0 Å². The summed E-state index contributed by atoms with van der Waals surface area (Å²) in [5.74, 6) is 0.843. The summed E-state index contributed by atoms with van der Waals surface area (Å²) in [6, 6.07) is 0. The zero-order valence-corrected chi connectivity index (χ0v) is 11.1. The molecule has 0 saturated carbocycles. The Balaban J connectivity index is 3.37. The molecule has 0 radical (unpaired) electrons. The molecular formula is C13H30N2. The van der Waals surface area contributed by atoms with Crippen LogP contribution in [0.5, 0.6) is 0 Å². The van der Waals surface area contributed by atoms with Gasteiger partial charge < -0.3 is 11.1 Å². The first-order valence-electron chi connectivity index (χ1n) is 6.45. The number of hydrogen-bond acceptors (Lipinski definition) is 2. The van der Waals surface area contributed by atoms with Crippen LogP contribution in [0.25, 0.3) is 0 Å². The molecule has 0 heterocycles. The van der Waals surface area contributed by atoms with Crippen LogP contribution in [0.2, 0.25) is 0 Å². The molecule has 0 aliphatic rings. The summed E-state index contributed by atoms with van der Waals surface area (Å²) in [5, 5.41) is 3.52. The second kappa shape index (κ2) is 8.12. The van der Waals surface area contributed by atoms with Crippen molar-refractivity contribution in [2.45, 2.75) is 53.4 Å². The zero-order chi connectivity index (χ0) is 11.7. The van der Waals surface area contributed by atoms with Gasteiger partial charge in [0.25, 0.3) is 0 Å². The van der Waals surface area contributed by atoms with Crippen LogP contribution in [0.3, 0.4) is 0 Å². The van der Waals surface area contributed by atoms with Gasteiger partial charge in [-0.2, -0.15) is 0 Å². The third kappa shape index (κ3) is 7.80. The second-order valence-corrected chi connectivity index (χ2v) is 5.43. The first kappa shape index (κ1) is 14.9. The Labute approximate surface area is 96.0 Å². The molecule has 3 N–H and O–H groups in total. The number of hydrogen-bond donors (Lipinski definition) is 2. The van der Waals surface area contributed by atoms with Gasteiger partial charge in [-0.25, -0.2) is 0 Å². The molecule has 0 saturated heterocycles. The quantitative estimate of drug-likeness (QED) is 0.579. The molecule has 15 heavy (non-hydrogen) atoms. The van der Waals surface area contributed by atoms with Crippen LogP contribution in [0, 0.1) is 11.3 Å². The molecule has 0 aliphatic carbocycles. The fourth-order valence-corrected chi connectivity index (χ4v) is 1.53. The van der Waals surface area contributed by atoms with Crippen molar-refractivity contribution in [2.75, 3.05) is 19.6 Å². The molecule has 0 fully saturated rings. The van der Waals surface area contributed by atoms with Crippen molar-refractivity contribution in [3.63, 3.8) is 0 Å². The zero-order valence-electron chi connectivity index (χ0n) is 11.1. The standard InChI is InChI=1S/C13H30N2/c1-5-13(4,10-14)11-15-9-7-6-8-12(2)3/h12,15H,5-11,14H2,1-4H3. The maximum Gasteiger partial charge on any atom is 0.00171 e. The van der Waals surface area contributed by atoms with Crippen molar-refractivity contribution in [2.24, 2.45) is 17.1 Å². The minimum atomic E-state index is 0.290. The van der Waals surface area contributed by atoms with Crippen molar-refractivity contribution in [1.29, 1.82) is 0 Å². The Morgan fingerprint density at radius 1 is 1.27 bits per heavy atom. The number of rotatable bonds is 9. The van der Waals surface area contributed by atoms with Crippen LogP contribution in [-0.2, 0) is 0 Å². The van der Waals surface area contributed by atoms with E-state index in [4.69, 9.17) is 5.73 Å². The first-order chi connectivity index (χ1) is 7.04. The van der Waals surface area contributed by atoms with Crippen LogP contribution >= 0.6 is 0 Å². The van der Waals surface area contributed by atoms with Crippen molar-refractivity contribution in [3.8, 4) is 0 Å². The number of nitrogens with one attached hydrogen (secondary N) is 1. The van der Waals surface area contributed by atoms with E-state index in [0.717, 1.165) is 32.0 Å². The van der Waals surface area contributed by atoms with E-state index < -0.39 is 0 Å². The number of nitrogens with two attached hydrogens (primary N) is 1. The maximum absolute atomic E-state index is 5.76. The van der Waals surface area contributed by atoms with Gasteiger partial charge >= 0.3 is 0 Å².